The molecule has 0 bridgehead atoms. The molecule has 2 rings (SSSR count). The van der Waals surface area contributed by atoms with Gasteiger partial charge >= 0.3 is 0 Å². The fraction of sp³-hybridized carbons (Fsp3) is 0.231. The second-order valence-corrected chi connectivity index (χ2v) is 4.20. The Balaban J connectivity index is 2.36. The highest BCUT2D eigenvalue weighted by molar-refractivity contribution is 5.60. The summed E-state index contributed by atoms with van der Waals surface area (Å²) in [4.78, 5) is 10.3. The molecule has 1 aromatic carbocycles. The third-order valence-electron chi connectivity index (χ3n) is 2.60. The van der Waals surface area contributed by atoms with E-state index in [2.05, 4.69) is 42.0 Å². The van der Waals surface area contributed by atoms with Gasteiger partial charge in [0.25, 0.3) is 0 Å². The molecule has 0 aliphatic rings. The monoisotopic (exact) mass is 228 g/mol. The average molecular weight is 228 g/mol. The maximum atomic E-state index is 5.52. The number of anilines is 3. The van der Waals surface area contributed by atoms with Gasteiger partial charge in [-0.25, -0.2) is 9.97 Å². The summed E-state index contributed by atoms with van der Waals surface area (Å²) < 4.78 is 0. The molecule has 4 nitrogen and oxygen atoms in total. The van der Waals surface area contributed by atoms with Crippen molar-refractivity contribution in [3.8, 4) is 0 Å². The summed E-state index contributed by atoms with van der Waals surface area (Å²) in [5, 5.41) is 0. The minimum atomic E-state index is 0.433. The van der Waals surface area contributed by atoms with Gasteiger partial charge < -0.3 is 10.6 Å². The Bertz CT molecular complexity index is 499. The molecule has 0 amide bonds. The molecule has 0 saturated carbocycles. The van der Waals surface area contributed by atoms with E-state index in [9.17, 15) is 0 Å². The standard InChI is InChI=1S/C13H16N4/c1-9-4-10(2)6-11(5-9)17(3)13-8-15-12(14)7-16-13/h4-8H,1-3H3,(H2,14,15). The maximum absolute atomic E-state index is 5.52. The largest absolute Gasteiger partial charge is 0.382 e. The summed E-state index contributed by atoms with van der Waals surface area (Å²) in [6, 6.07) is 6.38. The van der Waals surface area contributed by atoms with E-state index in [0.717, 1.165) is 11.5 Å². The Hall–Kier alpha value is -2.10. The van der Waals surface area contributed by atoms with Crippen molar-refractivity contribution in [2.24, 2.45) is 0 Å². The first kappa shape index (κ1) is 11.4. The van der Waals surface area contributed by atoms with Crippen molar-refractivity contribution in [1.82, 2.24) is 9.97 Å². The fourth-order valence-corrected chi connectivity index (χ4v) is 1.78. The normalized spacial score (nSPS) is 10.3. The molecule has 2 aromatic rings. The van der Waals surface area contributed by atoms with Crippen LogP contribution in [0.5, 0.6) is 0 Å². The molecule has 0 unspecified atom stereocenters. The Labute approximate surface area is 101 Å². The smallest absolute Gasteiger partial charge is 0.151 e. The Morgan fingerprint density at radius 3 is 2.18 bits per heavy atom. The van der Waals surface area contributed by atoms with Crippen LogP contribution >= 0.6 is 0 Å². The molecule has 4 heteroatoms. The lowest BCUT2D eigenvalue weighted by Crippen LogP contribution is -2.12. The van der Waals surface area contributed by atoms with E-state index < -0.39 is 0 Å². The van der Waals surface area contributed by atoms with Crippen molar-refractivity contribution in [3.05, 3.63) is 41.7 Å². The van der Waals surface area contributed by atoms with Crippen LogP contribution in [-0.2, 0) is 0 Å². The van der Waals surface area contributed by atoms with Gasteiger partial charge in [-0.3, -0.25) is 0 Å². The van der Waals surface area contributed by atoms with Crippen LogP contribution in [0, 0.1) is 13.8 Å². The first-order valence-corrected chi connectivity index (χ1v) is 5.46. The number of hydrogen-bond acceptors (Lipinski definition) is 4. The Morgan fingerprint density at radius 1 is 1.00 bits per heavy atom. The zero-order valence-corrected chi connectivity index (χ0v) is 10.3. The van der Waals surface area contributed by atoms with Gasteiger partial charge in [0.2, 0.25) is 0 Å². The lowest BCUT2D eigenvalue weighted by atomic mass is 10.1. The van der Waals surface area contributed by atoms with Crippen molar-refractivity contribution >= 4 is 17.3 Å². The molecule has 2 N–H and O–H groups in total. The molecular formula is C13H16N4. The molecule has 0 fully saturated rings. The van der Waals surface area contributed by atoms with Gasteiger partial charge in [-0.15, -0.1) is 0 Å². The van der Waals surface area contributed by atoms with Crippen LogP contribution in [0.1, 0.15) is 11.1 Å². The number of benzene rings is 1. The van der Waals surface area contributed by atoms with E-state index in [-0.39, 0.29) is 0 Å². The first-order valence-electron chi connectivity index (χ1n) is 5.46. The zero-order chi connectivity index (χ0) is 12.4. The number of rotatable bonds is 2. The SMILES string of the molecule is Cc1cc(C)cc(N(C)c2cnc(N)cn2)c1. The van der Waals surface area contributed by atoms with E-state index in [1.54, 1.807) is 12.4 Å². The van der Waals surface area contributed by atoms with E-state index in [1.807, 2.05) is 11.9 Å². The summed E-state index contributed by atoms with van der Waals surface area (Å²) in [6.07, 6.45) is 3.24. The van der Waals surface area contributed by atoms with Gasteiger partial charge in [0.15, 0.2) is 5.82 Å². The van der Waals surface area contributed by atoms with Crippen LogP contribution in [0.3, 0.4) is 0 Å². The number of nitrogens with two attached hydrogens (primary N) is 1. The summed E-state index contributed by atoms with van der Waals surface area (Å²) in [7, 11) is 1.97. The highest BCUT2D eigenvalue weighted by Gasteiger charge is 2.06. The fourth-order valence-electron chi connectivity index (χ4n) is 1.78. The molecule has 0 aliphatic carbocycles. The van der Waals surface area contributed by atoms with Gasteiger partial charge in [-0.05, 0) is 37.1 Å². The molecule has 0 atom stereocenters. The molecule has 1 aromatic heterocycles. The minimum absolute atomic E-state index is 0.433. The van der Waals surface area contributed by atoms with Crippen LogP contribution in [0.25, 0.3) is 0 Å². The molecule has 88 valence electrons. The van der Waals surface area contributed by atoms with Gasteiger partial charge in [0, 0.05) is 12.7 Å². The maximum Gasteiger partial charge on any atom is 0.151 e. The quantitative estimate of drug-likeness (QED) is 0.857. The van der Waals surface area contributed by atoms with Crippen LogP contribution in [0.4, 0.5) is 17.3 Å². The van der Waals surface area contributed by atoms with E-state index in [4.69, 9.17) is 5.73 Å². The third kappa shape index (κ3) is 2.53. The zero-order valence-electron chi connectivity index (χ0n) is 10.3. The third-order valence-corrected chi connectivity index (χ3v) is 2.60. The summed E-state index contributed by atoms with van der Waals surface area (Å²) >= 11 is 0. The molecule has 0 radical (unpaired) electrons. The highest BCUT2D eigenvalue weighted by atomic mass is 15.2. The van der Waals surface area contributed by atoms with Crippen LogP contribution in [0.2, 0.25) is 0 Å². The number of aryl methyl sites for hydroxylation is 2. The number of hydrogen-bond donors (Lipinski definition) is 1. The molecule has 1 heterocycles. The number of nitrogen functional groups attached to an aromatic ring is 1. The highest BCUT2D eigenvalue weighted by Crippen LogP contribution is 2.23. The summed E-state index contributed by atoms with van der Waals surface area (Å²) in [5.41, 5.74) is 9.08. The molecule has 17 heavy (non-hydrogen) atoms. The predicted molar refractivity (Wildman–Crippen MR) is 70.4 cm³/mol. The molecule has 0 aliphatic heterocycles. The van der Waals surface area contributed by atoms with Crippen molar-refractivity contribution in [2.75, 3.05) is 17.7 Å². The van der Waals surface area contributed by atoms with E-state index >= 15 is 0 Å². The van der Waals surface area contributed by atoms with Crippen molar-refractivity contribution in [1.29, 1.82) is 0 Å². The average Bonchev–Trinajstić information content (AvgIpc) is 2.28. The van der Waals surface area contributed by atoms with Crippen LogP contribution in [0.15, 0.2) is 30.6 Å². The molecular weight excluding hydrogens is 212 g/mol. The van der Waals surface area contributed by atoms with Crippen molar-refractivity contribution < 1.29 is 0 Å². The van der Waals surface area contributed by atoms with Gasteiger partial charge in [-0.1, -0.05) is 6.07 Å². The van der Waals surface area contributed by atoms with Crippen molar-refractivity contribution in [3.63, 3.8) is 0 Å². The first-order chi connectivity index (χ1) is 8.06. The second-order valence-electron chi connectivity index (χ2n) is 4.20. The summed E-state index contributed by atoms with van der Waals surface area (Å²) in [5.74, 6) is 1.21. The Morgan fingerprint density at radius 2 is 1.65 bits per heavy atom. The van der Waals surface area contributed by atoms with Crippen molar-refractivity contribution in [2.45, 2.75) is 13.8 Å². The van der Waals surface area contributed by atoms with E-state index in [0.29, 0.717) is 5.82 Å². The second kappa shape index (κ2) is 4.41. The molecule has 0 saturated heterocycles. The topological polar surface area (TPSA) is 55.0 Å². The summed E-state index contributed by atoms with van der Waals surface area (Å²) in [6.45, 7) is 4.16. The predicted octanol–water partition coefficient (Wildman–Crippen LogP) is 2.44. The molecule has 0 spiro atoms. The van der Waals surface area contributed by atoms with Crippen LogP contribution in [-0.4, -0.2) is 17.0 Å². The van der Waals surface area contributed by atoms with Crippen LogP contribution < -0.4 is 10.6 Å². The van der Waals surface area contributed by atoms with Gasteiger partial charge in [0.1, 0.15) is 5.82 Å². The minimum Gasteiger partial charge on any atom is -0.382 e. The number of nitrogens with zero attached hydrogens (tertiary/aromatic N) is 3. The number of aromatic nitrogens is 2. The lowest BCUT2D eigenvalue weighted by Gasteiger charge is -2.19. The van der Waals surface area contributed by atoms with E-state index in [1.165, 1.54) is 11.1 Å². The Kier molecular flexibility index (Phi) is 2.95. The lowest BCUT2D eigenvalue weighted by molar-refractivity contribution is 1.09. The van der Waals surface area contributed by atoms with Gasteiger partial charge in [0.05, 0.1) is 12.4 Å². The van der Waals surface area contributed by atoms with Gasteiger partial charge in [-0.2, -0.15) is 0 Å².